The van der Waals surface area contributed by atoms with Crippen LogP contribution in [-0.4, -0.2) is 48.4 Å². The maximum atomic E-state index is 14.0. The Kier molecular flexibility index (Phi) is 11.0. The van der Waals surface area contributed by atoms with Gasteiger partial charge in [-0.15, -0.1) is 10.2 Å². The number of nitrogens with zero attached hydrogens (tertiary/aromatic N) is 6. The third kappa shape index (κ3) is 9.78. The first-order chi connectivity index (χ1) is 24.8. The first-order valence-electron chi connectivity index (χ1n) is 16.9. The second-order valence-corrected chi connectivity index (χ2v) is 14.5. The molecule has 12 nitrogen and oxygen atoms in total. The number of hydrogen-bond acceptors (Lipinski definition) is 10. The molecule has 3 aromatic heterocycles. The number of halogens is 3. The fourth-order valence-electron chi connectivity index (χ4n) is 5.55. The van der Waals surface area contributed by atoms with Crippen LogP contribution in [0.5, 0.6) is 0 Å². The first kappa shape index (κ1) is 38.5. The summed E-state index contributed by atoms with van der Waals surface area (Å²) in [7, 11) is 0. The van der Waals surface area contributed by atoms with Crippen LogP contribution in [0.2, 0.25) is 0 Å². The molecule has 0 saturated heterocycles. The van der Waals surface area contributed by atoms with Gasteiger partial charge in [-0.25, -0.2) is 14.6 Å². The molecule has 5 rings (SSSR count). The van der Waals surface area contributed by atoms with Gasteiger partial charge in [-0.2, -0.15) is 23.2 Å². The van der Waals surface area contributed by atoms with Gasteiger partial charge in [-0.3, -0.25) is 4.68 Å². The van der Waals surface area contributed by atoms with Gasteiger partial charge < -0.3 is 20.1 Å². The topological polar surface area (TPSA) is 136 Å². The summed E-state index contributed by atoms with van der Waals surface area (Å²) in [5.41, 5.74) is 0.993. The molecule has 5 aromatic rings. The summed E-state index contributed by atoms with van der Waals surface area (Å²) in [6.45, 7) is 14.7. The van der Waals surface area contributed by atoms with E-state index >= 15 is 0 Å². The lowest BCUT2D eigenvalue weighted by Gasteiger charge is -2.28. The van der Waals surface area contributed by atoms with Gasteiger partial charge in [-0.1, -0.05) is 24.3 Å². The molecule has 0 fully saturated rings. The van der Waals surface area contributed by atoms with Gasteiger partial charge in [0.2, 0.25) is 0 Å². The summed E-state index contributed by atoms with van der Waals surface area (Å²) < 4.78 is 54.8. The van der Waals surface area contributed by atoms with Crippen molar-refractivity contribution in [2.75, 3.05) is 15.5 Å². The number of nitrogens with one attached hydrogen (secondary N) is 2. The molecule has 2 N–H and O–H groups in total. The van der Waals surface area contributed by atoms with E-state index in [0.29, 0.717) is 17.3 Å². The molecule has 2 aromatic carbocycles. The van der Waals surface area contributed by atoms with Gasteiger partial charge >= 0.3 is 18.4 Å². The fourth-order valence-corrected chi connectivity index (χ4v) is 5.55. The number of alkyl halides is 3. The number of aromatic nitrogens is 5. The van der Waals surface area contributed by atoms with Gasteiger partial charge in [0.05, 0.1) is 12.2 Å². The second kappa shape index (κ2) is 15.1. The maximum absolute atomic E-state index is 14.0. The van der Waals surface area contributed by atoms with E-state index in [1.807, 2.05) is 50.4 Å². The smallest absolute Gasteiger partial charge is 0.437 e. The van der Waals surface area contributed by atoms with Crippen molar-refractivity contribution in [1.82, 2.24) is 25.0 Å². The van der Waals surface area contributed by atoms with Gasteiger partial charge in [0, 0.05) is 43.1 Å². The summed E-state index contributed by atoms with van der Waals surface area (Å²) in [6, 6.07) is 14.2. The number of carbonyl (C=O) groups excluding carboxylic acids is 2. The lowest BCUT2D eigenvalue weighted by molar-refractivity contribution is -0.141. The summed E-state index contributed by atoms with van der Waals surface area (Å²) in [4.78, 5) is 32.0. The van der Waals surface area contributed by atoms with Crippen LogP contribution in [0.4, 0.5) is 40.1 Å². The van der Waals surface area contributed by atoms with Crippen LogP contribution >= 0.6 is 0 Å². The Morgan fingerprint density at radius 1 is 0.811 bits per heavy atom. The van der Waals surface area contributed by atoms with Gasteiger partial charge in [-0.05, 0) is 107 Å². The number of carbonyl (C=O) groups is 2. The molecular weight excluding hydrogens is 689 g/mol. The lowest BCUT2D eigenvalue weighted by atomic mass is 9.96. The SMILES string of the molecule is Cc1cc2c(N(C(=O)OC(C)(C)C)C(=O)OC(C)(C)C)nccc2c(C)c1CNc1cc(NCc2ccc(Cn3cccn3)cc2)c(C(F)(F)F)nn1. The van der Waals surface area contributed by atoms with Crippen molar-refractivity contribution in [3.05, 3.63) is 101 Å². The molecule has 0 unspecified atom stereocenters. The third-order valence-corrected chi connectivity index (χ3v) is 7.94. The highest BCUT2D eigenvalue weighted by atomic mass is 19.4. The molecule has 15 heteroatoms. The van der Waals surface area contributed by atoms with E-state index in [4.69, 9.17) is 9.47 Å². The maximum Gasteiger partial charge on any atom is 0.437 e. The number of rotatable bonds is 9. The standard InChI is InChI=1S/C38H43F3N8O4/c1-23-18-28-27(14-16-42-33(28)49(34(50)52-36(3,4)5)35(51)53-37(6,7)8)24(2)29(23)21-44-31-19-30(32(47-46-31)38(39,40)41)43-20-25-10-12-26(13-11-25)22-48-17-9-15-45-48/h9-19H,20-22H2,1-8H3,(H2,43,44,46). The zero-order chi connectivity index (χ0) is 38.7. The number of fused-ring (bicyclic) bond motifs is 1. The first-order valence-corrected chi connectivity index (χ1v) is 16.9. The Bertz CT molecular complexity index is 2060. The van der Waals surface area contributed by atoms with Gasteiger partial charge in [0.15, 0.2) is 17.3 Å². The fraction of sp³-hybridized carbons (Fsp3) is 0.368. The van der Waals surface area contributed by atoms with E-state index in [-0.39, 0.29) is 30.4 Å². The van der Waals surface area contributed by atoms with E-state index in [9.17, 15) is 22.8 Å². The summed E-state index contributed by atoms with van der Waals surface area (Å²) in [6.07, 6.45) is -1.60. The second-order valence-electron chi connectivity index (χ2n) is 14.5. The zero-order valence-corrected chi connectivity index (χ0v) is 30.9. The Balaban J connectivity index is 1.39. The van der Waals surface area contributed by atoms with Crippen molar-refractivity contribution in [2.24, 2.45) is 0 Å². The zero-order valence-electron chi connectivity index (χ0n) is 30.9. The number of pyridine rings is 1. The van der Waals surface area contributed by atoms with Crippen LogP contribution in [-0.2, 0) is 35.3 Å². The van der Waals surface area contributed by atoms with E-state index in [2.05, 4.69) is 30.9 Å². The Morgan fingerprint density at radius 3 is 2.04 bits per heavy atom. The van der Waals surface area contributed by atoms with Crippen LogP contribution in [0.25, 0.3) is 10.8 Å². The highest BCUT2D eigenvalue weighted by Crippen LogP contribution is 2.35. The quantitative estimate of drug-likeness (QED) is 0.151. The molecular formula is C38H43F3N8O4. The number of benzene rings is 2. The van der Waals surface area contributed by atoms with E-state index < -0.39 is 35.3 Å². The van der Waals surface area contributed by atoms with Crippen molar-refractivity contribution < 1.29 is 32.2 Å². The minimum atomic E-state index is -4.73. The minimum absolute atomic E-state index is 0.0357. The van der Waals surface area contributed by atoms with Crippen molar-refractivity contribution in [3.63, 3.8) is 0 Å². The van der Waals surface area contributed by atoms with Crippen molar-refractivity contribution in [3.8, 4) is 0 Å². The molecule has 0 aliphatic rings. The number of hydrogen-bond donors (Lipinski definition) is 2. The van der Waals surface area contributed by atoms with Gasteiger partial charge in [0.1, 0.15) is 11.2 Å². The summed E-state index contributed by atoms with van der Waals surface area (Å²) in [5.74, 6) is 0.166. The largest absolute Gasteiger partial charge is 0.443 e. The van der Waals surface area contributed by atoms with Crippen LogP contribution in [0.3, 0.4) is 0 Å². The molecule has 0 spiro atoms. The normalized spacial score (nSPS) is 12.1. The Labute approximate surface area is 305 Å². The Hall–Kier alpha value is -5.73. The third-order valence-electron chi connectivity index (χ3n) is 7.94. The highest BCUT2D eigenvalue weighted by molar-refractivity contribution is 6.14. The lowest BCUT2D eigenvalue weighted by Crippen LogP contribution is -2.44. The molecule has 280 valence electrons. The predicted molar refractivity (Wildman–Crippen MR) is 196 cm³/mol. The van der Waals surface area contributed by atoms with E-state index in [0.717, 1.165) is 32.7 Å². The predicted octanol–water partition coefficient (Wildman–Crippen LogP) is 8.81. The van der Waals surface area contributed by atoms with Crippen LogP contribution < -0.4 is 15.5 Å². The highest BCUT2D eigenvalue weighted by Gasteiger charge is 2.37. The molecule has 0 radical (unpaired) electrons. The Morgan fingerprint density at radius 2 is 1.45 bits per heavy atom. The van der Waals surface area contributed by atoms with Crippen molar-refractivity contribution in [2.45, 2.75) is 92.4 Å². The summed E-state index contributed by atoms with van der Waals surface area (Å²) in [5, 5.41) is 18.7. The van der Waals surface area contributed by atoms with Crippen LogP contribution in [0.1, 0.15) is 75.1 Å². The van der Waals surface area contributed by atoms with Crippen LogP contribution in [0.15, 0.2) is 67.1 Å². The van der Waals surface area contributed by atoms with Crippen molar-refractivity contribution >= 4 is 40.3 Å². The molecule has 53 heavy (non-hydrogen) atoms. The number of aryl methyl sites for hydroxylation is 2. The van der Waals surface area contributed by atoms with Crippen LogP contribution in [0, 0.1) is 13.8 Å². The molecule has 0 bridgehead atoms. The molecule has 0 aliphatic carbocycles. The number of anilines is 3. The average molecular weight is 733 g/mol. The summed E-state index contributed by atoms with van der Waals surface area (Å²) >= 11 is 0. The number of amides is 2. The molecule has 0 atom stereocenters. The number of ether oxygens (including phenoxy) is 2. The average Bonchev–Trinajstić information content (AvgIpc) is 3.56. The minimum Gasteiger partial charge on any atom is -0.443 e. The van der Waals surface area contributed by atoms with E-state index in [1.54, 1.807) is 64.6 Å². The van der Waals surface area contributed by atoms with E-state index in [1.165, 1.54) is 12.3 Å². The molecule has 0 saturated carbocycles. The molecule has 0 aliphatic heterocycles. The van der Waals surface area contributed by atoms with Gasteiger partial charge in [0.25, 0.3) is 0 Å². The molecule has 2 amide bonds. The monoisotopic (exact) mass is 732 g/mol. The molecule has 3 heterocycles. The van der Waals surface area contributed by atoms with Crippen molar-refractivity contribution in [1.29, 1.82) is 0 Å². The number of imide groups is 1.